The molecule has 2 aliphatic rings. The van der Waals surface area contributed by atoms with Crippen LogP contribution >= 0.6 is 0 Å². The zero-order valence-corrected chi connectivity index (χ0v) is 11.3. The van der Waals surface area contributed by atoms with Gasteiger partial charge in [-0.25, -0.2) is 4.79 Å². The van der Waals surface area contributed by atoms with Crippen molar-refractivity contribution in [1.29, 1.82) is 0 Å². The molecule has 0 radical (unpaired) electrons. The summed E-state index contributed by atoms with van der Waals surface area (Å²) in [5.41, 5.74) is -0.591. The van der Waals surface area contributed by atoms with Crippen LogP contribution in [0, 0.1) is 5.92 Å². The van der Waals surface area contributed by atoms with E-state index in [1.165, 1.54) is 12.1 Å². The maximum Gasteiger partial charge on any atom is 0.416 e. The van der Waals surface area contributed by atoms with E-state index >= 15 is 0 Å². The minimum atomic E-state index is -4.41. The Morgan fingerprint density at radius 3 is 2.90 bits per heavy atom. The van der Waals surface area contributed by atoms with Crippen LogP contribution in [0.5, 0.6) is 0 Å². The predicted molar refractivity (Wildman–Crippen MR) is 71.9 cm³/mol. The Morgan fingerprint density at radius 2 is 2.14 bits per heavy atom. The number of amides is 2. The lowest BCUT2D eigenvalue weighted by Crippen LogP contribution is -2.41. The number of alkyl halides is 3. The summed E-state index contributed by atoms with van der Waals surface area (Å²) in [7, 11) is 0. The molecule has 21 heavy (non-hydrogen) atoms. The fourth-order valence-corrected chi connectivity index (χ4v) is 3.07. The number of anilines is 1. The third-order valence-electron chi connectivity index (χ3n) is 4.15. The van der Waals surface area contributed by atoms with Crippen LogP contribution in [0.25, 0.3) is 0 Å². The zero-order valence-electron chi connectivity index (χ0n) is 11.3. The van der Waals surface area contributed by atoms with Gasteiger partial charge in [0.05, 0.1) is 5.56 Å². The second-order valence-corrected chi connectivity index (χ2v) is 5.48. The lowest BCUT2D eigenvalue weighted by atomic mass is 10.1. The molecule has 0 saturated carbocycles. The number of fused-ring (bicyclic) bond motifs is 1. The molecule has 2 atom stereocenters. The quantitative estimate of drug-likeness (QED) is 0.837. The second kappa shape index (κ2) is 5.22. The number of carbonyl (C=O) groups excluding carboxylic acids is 1. The molecule has 114 valence electrons. The van der Waals surface area contributed by atoms with Gasteiger partial charge in [-0.2, -0.15) is 13.2 Å². The van der Waals surface area contributed by atoms with Gasteiger partial charge in [-0.1, -0.05) is 6.07 Å². The zero-order chi connectivity index (χ0) is 15.0. The summed E-state index contributed by atoms with van der Waals surface area (Å²) in [6, 6.07) is 4.53. The van der Waals surface area contributed by atoms with Crippen molar-refractivity contribution in [3.63, 3.8) is 0 Å². The number of hydrogen-bond donors (Lipinski definition) is 2. The van der Waals surface area contributed by atoms with Crippen LogP contribution in [-0.2, 0) is 6.18 Å². The lowest BCUT2D eigenvalue weighted by molar-refractivity contribution is -0.137. The molecule has 0 spiro atoms. The Labute approximate surface area is 120 Å². The Balaban J connectivity index is 1.70. The smallest absolute Gasteiger partial charge is 0.320 e. The van der Waals surface area contributed by atoms with Gasteiger partial charge < -0.3 is 15.5 Å². The molecular formula is C14H16F3N3O. The summed E-state index contributed by atoms with van der Waals surface area (Å²) in [6.07, 6.45) is -3.47. The van der Waals surface area contributed by atoms with E-state index in [1.54, 1.807) is 4.90 Å². The average molecular weight is 299 g/mol. The van der Waals surface area contributed by atoms with Crippen molar-refractivity contribution in [3.05, 3.63) is 29.8 Å². The summed E-state index contributed by atoms with van der Waals surface area (Å²) >= 11 is 0. The first-order valence-corrected chi connectivity index (χ1v) is 6.91. The van der Waals surface area contributed by atoms with Gasteiger partial charge in [-0.3, -0.25) is 0 Å². The van der Waals surface area contributed by atoms with Crippen molar-refractivity contribution >= 4 is 11.7 Å². The van der Waals surface area contributed by atoms with Crippen molar-refractivity contribution < 1.29 is 18.0 Å². The number of halogens is 3. The minimum absolute atomic E-state index is 0.149. The lowest BCUT2D eigenvalue weighted by Gasteiger charge is -2.24. The number of nitrogens with zero attached hydrogens (tertiary/aromatic N) is 1. The van der Waals surface area contributed by atoms with Gasteiger partial charge in [-0.05, 0) is 30.5 Å². The van der Waals surface area contributed by atoms with Crippen LogP contribution < -0.4 is 10.6 Å². The first kappa shape index (κ1) is 14.2. The third kappa shape index (κ3) is 2.83. The third-order valence-corrected chi connectivity index (χ3v) is 4.15. The number of carbonyl (C=O) groups is 1. The van der Waals surface area contributed by atoms with Crippen molar-refractivity contribution in [2.24, 2.45) is 5.92 Å². The molecule has 3 rings (SSSR count). The van der Waals surface area contributed by atoms with Crippen molar-refractivity contribution in [2.45, 2.75) is 18.6 Å². The summed E-state index contributed by atoms with van der Waals surface area (Å²) in [4.78, 5) is 13.9. The van der Waals surface area contributed by atoms with Gasteiger partial charge in [0, 0.05) is 31.4 Å². The van der Waals surface area contributed by atoms with Gasteiger partial charge in [-0.15, -0.1) is 0 Å². The van der Waals surface area contributed by atoms with Crippen molar-refractivity contribution in [3.8, 4) is 0 Å². The van der Waals surface area contributed by atoms with E-state index in [1.807, 2.05) is 0 Å². The van der Waals surface area contributed by atoms with E-state index in [9.17, 15) is 18.0 Å². The topological polar surface area (TPSA) is 44.4 Å². The molecule has 2 aliphatic heterocycles. The maximum atomic E-state index is 12.7. The van der Waals surface area contributed by atoms with Crippen LogP contribution in [0.2, 0.25) is 0 Å². The number of likely N-dealkylation sites (tertiary alicyclic amines) is 1. The highest BCUT2D eigenvalue weighted by Gasteiger charge is 2.40. The molecule has 2 fully saturated rings. The largest absolute Gasteiger partial charge is 0.416 e. The first-order valence-electron chi connectivity index (χ1n) is 6.91. The minimum Gasteiger partial charge on any atom is -0.320 e. The van der Waals surface area contributed by atoms with E-state index in [4.69, 9.17) is 0 Å². The van der Waals surface area contributed by atoms with Crippen molar-refractivity contribution in [2.75, 3.05) is 25.0 Å². The van der Waals surface area contributed by atoms with Gasteiger partial charge in [0.15, 0.2) is 0 Å². The van der Waals surface area contributed by atoms with Gasteiger partial charge in [0.25, 0.3) is 0 Å². The number of urea groups is 1. The highest BCUT2D eigenvalue weighted by atomic mass is 19.4. The molecule has 1 aromatic carbocycles. The fourth-order valence-electron chi connectivity index (χ4n) is 3.07. The molecule has 2 N–H and O–H groups in total. The van der Waals surface area contributed by atoms with Crippen LogP contribution in [0.4, 0.5) is 23.7 Å². The van der Waals surface area contributed by atoms with E-state index in [0.717, 1.165) is 31.6 Å². The molecule has 1 aromatic rings. The van der Waals surface area contributed by atoms with E-state index in [0.29, 0.717) is 12.5 Å². The molecular weight excluding hydrogens is 283 g/mol. The molecule has 7 heteroatoms. The molecule has 2 amide bonds. The molecule has 0 aromatic heterocycles. The first-order chi connectivity index (χ1) is 9.95. The number of hydrogen-bond acceptors (Lipinski definition) is 2. The van der Waals surface area contributed by atoms with Crippen LogP contribution in [0.15, 0.2) is 24.3 Å². The maximum absolute atomic E-state index is 12.7. The number of nitrogens with one attached hydrogen (secondary N) is 2. The van der Waals surface area contributed by atoms with E-state index in [-0.39, 0.29) is 17.8 Å². The highest BCUT2D eigenvalue weighted by molar-refractivity contribution is 5.90. The SMILES string of the molecule is O=C(Nc1cccc(C(F)(F)F)c1)N1CC[C@H]2CNC[C@H]21. The summed E-state index contributed by atoms with van der Waals surface area (Å²) in [5, 5.41) is 5.80. The van der Waals surface area contributed by atoms with Crippen LogP contribution in [0.3, 0.4) is 0 Å². The normalized spacial score (nSPS) is 25.0. The van der Waals surface area contributed by atoms with Crippen molar-refractivity contribution in [1.82, 2.24) is 10.2 Å². The summed E-state index contributed by atoms with van der Waals surface area (Å²) in [6.45, 7) is 2.31. The monoisotopic (exact) mass is 299 g/mol. The average Bonchev–Trinajstić information content (AvgIpc) is 2.99. The van der Waals surface area contributed by atoms with Crippen LogP contribution in [0.1, 0.15) is 12.0 Å². The molecule has 0 aliphatic carbocycles. The highest BCUT2D eigenvalue weighted by Crippen LogP contribution is 2.31. The van der Waals surface area contributed by atoms with Gasteiger partial charge in [0.1, 0.15) is 0 Å². The Hall–Kier alpha value is -1.76. The molecule has 2 saturated heterocycles. The van der Waals surface area contributed by atoms with E-state index < -0.39 is 11.7 Å². The Kier molecular flexibility index (Phi) is 3.52. The standard InChI is InChI=1S/C14H16F3N3O/c15-14(16,17)10-2-1-3-11(6-10)19-13(21)20-5-4-9-7-18-8-12(9)20/h1-3,6,9,12,18H,4-5,7-8H2,(H,19,21)/t9-,12+/m0/s1. The second-order valence-electron chi connectivity index (χ2n) is 5.48. The Bertz CT molecular complexity index is 547. The number of rotatable bonds is 1. The number of benzene rings is 1. The summed E-state index contributed by atoms with van der Waals surface area (Å²) < 4.78 is 38.0. The predicted octanol–water partition coefficient (Wildman–Crippen LogP) is 2.53. The molecule has 0 bridgehead atoms. The van der Waals surface area contributed by atoms with Gasteiger partial charge >= 0.3 is 12.2 Å². The van der Waals surface area contributed by atoms with Gasteiger partial charge in [0.2, 0.25) is 0 Å². The van der Waals surface area contributed by atoms with E-state index in [2.05, 4.69) is 10.6 Å². The van der Waals surface area contributed by atoms with Crippen LogP contribution in [-0.4, -0.2) is 36.6 Å². The Morgan fingerprint density at radius 1 is 1.33 bits per heavy atom. The molecule has 2 heterocycles. The molecule has 4 nitrogen and oxygen atoms in total. The molecule has 0 unspecified atom stereocenters. The summed E-state index contributed by atoms with van der Waals surface area (Å²) in [5.74, 6) is 0.456. The fraction of sp³-hybridized carbons (Fsp3) is 0.500.